The van der Waals surface area contributed by atoms with Crippen LogP contribution >= 0.6 is 0 Å². The number of ether oxygens (including phenoxy) is 1. The number of carbonyl (C=O) groups is 1. The Bertz CT molecular complexity index is 1080. The number of alkyl carbamates (subject to hydrolysis) is 1. The van der Waals surface area contributed by atoms with Crippen LogP contribution < -0.4 is 16.4 Å². The van der Waals surface area contributed by atoms with Gasteiger partial charge in [0.25, 0.3) is 0 Å². The van der Waals surface area contributed by atoms with E-state index in [-0.39, 0.29) is 24.5 Å². The Balaban J connectivity index is 2.04. The topological polar surface area (TPSA) is 131 Å². The van der Waals surface area contributed by atoms with Gasteiger partial charge in [-0.3, -0.25) is 10.3 Å². The first-order valence-corrected chi connectivity index (χ1v) is 10.9. The minimum absolute atomic E-state index is 0.00938. The van der Waals surface area contributed by atoms with Crippen molar-refractivity contribution in [1.82, 2.24) is 10.3 Å². The summed E-state index contributed by atoms with van der Waals surface area (Å²) >= 11 is 0. The van der Waals surface area contributed by atoms with Gasteiger partial charge in [0, 0.05) is 6.42 Å². The Hall–Kier alpha value is -2.27. The predicted octanol–water partition coefficient (Wildman–Crippen LogP) is 2.04. The van der Waals surface area contributed by atoms with Gasteiger partial charge in [-0.15, -0.1) is 0 Å². The smallest absolute Gasteiger partial charge is 0.414 e. The molecule has 1 aromatic rings. The molecule has 1 aromatic heterocycles. The Morgan fingerprint density at radius 2 is 1.93 bits per heavy atom. The van der Waals surface area contributed by atoms with Crippen LogP contribution in [0.25, 0.3) is 0 Å². The molecule has 3 atom stereocenters. The second kappa shape index (κ2) is 5.66. The molecular weight excluding hydrogens is 399 g/mol. The van der Waals surface area contributed by atoms with Crippen LogP contribution in [0, 0.1) is 5.82 Å². The van der Waals surface area contributed by atoms with Gasteiger partial charge in [0.2, 0.25) is 0 Å². The van der Waals surface area contributed by atoms with E-state index in [0.717, 1.165) is 0 Å². The zero-order valence-corrected chi connectivity index (χ0v) is 17.8. The number of amidine groups is 1. The van der Waals surface area contributed by atoms with Crippen molar-refractivity contribution in [3.8, 4) is 0 Å². The lowest BCUT2D eigenvalue weighted by Gasteiger charge is -2.42. The number of carbonyl (C=O) groups excluding carboxylic acids is 1. The van der Waals surface area contributed by atoms with E-state index in [4.69, 9.17) is 15.5 Å². The summed E-state index contributed by atoms with van der Waals surface area (Å²) < 4.78 is 37.9. The molecule has 4 bridgehead atoms. The van der Waals surface area contributed by atoms with Crippen molar-refractivity contribution in [3.63, 3.8) is 0 Å². The Kier molecular flexibility index (Phi) is 3.91. The maximum atomic E-state index is 15.0. The molecule has 11 heteroatoms. The van der Waals surface area contributed by atoms with E-state index in [2.05, 4.69) is 20.0 Å². The summed E-state index contributed by atoms with van der Waals surface area (Å²) in [4.78, 5) is 20.5. The van der Waals surface area contributed by atoms with Gasteiger partial charge in [-0.05, 0) is 53.3 Å². The molecule has 3 aliphatic heterocycles. The first-order chi connectivity index (χ1) is 13.3. The molecule has 4 N–H and O–H groups in total. The number of pyridine rings is 1. The zero-order valence-electron chi connectivity index (χ0n) is 17.0. The maximum Gasteiger partial charge on any atom is 0.414 e. The minimum Gasteiger partial charge on any atom is -0.423 e. The van der Waals surface area contributed by atoms with E-state index in [1.807, 2.05) is 0 Å². The quantitative estimate of drug-likeness (QED) is 0.666. The number of halogens is 1. The van der Waals surface area contributed by atoms with Crippen molar-refractivity contribution in [3.05, 3.63) is 23.6 Å². The standard InChI is InChI=1S/C18H25FN6O3S/c1-15(2)13-22-14(26)28-16(3,4)23-11-7-6-10(19)12(21-11)17(5,24-13)18(8-9-20)25-29(15,18)27/h6-7H,8-9,20H2,1-5H3,(H,21,23)(H,22,24,26)/t17-,18?,29?/m1/s1. The Labute approximate surface area is 168 Å². The van der Waals surface area contributed by atoms with Crippen molar-refractivity contribution in [2.45, 2.75) is 61.9 Å². The first-order valence-electron chi connectivity index (χ1n) is 9.35. The first kappa shape index (κ1) is 20.0. The van der Waals surface area contributed by atoms with Crippen LogP contribution in [0.4, 0.5) is 15.0 Å². The van der Waals surface area contributed by atoms with Crippen LogP contribution in [0.3, 0.4) is 0 Å². The number of aliphatic imine (C=N–C) groups is 1. The summed E-state index contributed by atoms with van der Waals surface area (Å²) in [6.07, 6.45) is -0.529. The predicted molar refractivity (Wildman–Crippen MR) is 107 cm³/mol. The average Bonchev–Trinajstić information content (AvgIpc) is 3.23. The zero-order chi connectivity index (χ0) is 21.5. The molecule has 9 nitrogen and oxygen atoms in total. The van der Waals surface area contributed by atoms with Crippen LogP contribution in [0.15, 0.2) is 21.5 Å². The number of nitrogens with zero attached hydrogens (tertiary/aromatic N) is 3. The molecule has 4 heterocycles. The number of amides is 1. The van der Waals surface area contributed by atoms with Crippen LogP contribution in [-0.2, 0) is 20.0 Å². The molecule has 0 saturated carbocycles. The van der Waals surface area contributed by atoms with Crippen molar-refractivity contribution in [2.24, 2.45) is 15.1 Å². The highest BCUT2D eigenvalue weighted by Crippen LogP contribution is 2.62. The Morgan fingerprint density at radius 1 is 1.24 bits per heavy atom. The molecule has 0 aliphatic carbocycles. The molecule has 0 radical (unpaired) electrons. The van der Waals surface area contributed by atoms with Crippen molar-refractivity contribution >= 4 is 27.5 Å². The number of nitrogens with one attached hydrogen (secondary N) is 2. The number of hydrogen-bond acceptors (Lipinski definition) is 8. The van der Waals surface area contributed by atoms with Gasteiger partial charge in [-0.1, -0.05) is 0 Å². The van der Waals surface area contributed by atoms with E-state index in [9.17, 15) is 9.00 Å². The molecule has 29 heavy (non-hydrogen) atoms. The summed E-state index contributed by atoms with van der Waals surface area (Å²) in [5, 5.41) is 5.59. The van der Waals surface area contributed by atoms with Crippen molar-refractivity contribution in [2.75, 3.05) is 11.9 Å². The second-order valence-electron chi connectivity index (χ2n) is 8.66. The molecule has 158 valence electrons. The van der Waals surface area contributed by atoms with Gasteiger partial charge in [-0.2, -0.15) is 0 Å². The minimum atomic E-state index is -2.95. The summed E-state index contributed by atoms with van der Waals surface area (Å²) in [5.41, 5.74) is 3.26. The third-order valence-corrected chi connectivity index (χ3v) is 9.43. The Morgan fingerprint density at radius 3 is 2.59 bits per heavy atom. The van der Waals surface area contributed by atoms with Gasteiger partial charge in [0.1, 0.15) is 33.5 Å². The summed E-state index contributed by atoms with van der Waals surface area (Å²) in [6, 6.07) is 2.70. The highest BCUT2D eigenvalue weighted by Gasteiger charge is 2.75. The number of rotatable bonds is 2. The molecule has 0 spiro atoms. The fourth-order valence-electron chi connectivity index (χ4n) is 4.24. The number of anilines is 1. The van der Waals surface area contributed by atoms with Gasteiger partial charge >= 0.3 is 6.09 Å². The normalized spacial score (nSPS) is 36.1. The lowest BCUT2D eigenvalue weighted by molar-refractivity contribution is 0.0623. The molecule has 0 fully saturated rings. The lowest BCUT2D eigenvalue weighted by Crippen LogP contribution is -2.60. The van der Waals surface area contributed by atoms with E-state index >= 15 is 4.39 Å². The molecule has 0 saturated heterocycles. The summed E-state index contributed by atoms with van der Waals surface area (Å²) in [6.45, 7) is 8.49. The number of nitrogens with two attached hydrogens (primary N) is 1. The fraction of sp³-hybridized carbons (Fsp3) is 0.611. The molecule has 2 unspecified atom stereocenters. The second-order valence-corrected chi connectivity index (χ2v) is 11.6. The van der Waals surface area contributed by atoms with Crippen LogP contribution in [0.5, 0.6) is 0 Å². The van der Waals surface area contributed by atoms with E-state index < -0.39 is 42.5 Å². The summed E-state index contributed by atoms with van der Waals surface area (Å²) in [5.74, 6) is -0.197. The maximum absolute atomic E-state index is 15.0. The SMILES string of the molecule is CC1(C)Nc2ccc(F)c(n2)[C@@]2(C)N=C(NC(=O)O1)C(C)(C)S1(=O)=NC21CCN. The molecule has 0 aromatic carbocycles. The van der Waals surface area contributed by atoms with Crippen LogP contribution in [-0.4, -0.2) is 43.0 Å². The number of cyclic esters (lactones) is 1. The number of fused-ring (bicyclic) bond motifs is 6. The van der Waals surface area contributed by atoms with E-state index in [0.29, 0.717) is 5.82 Å². The largest absolute Gasteiger partial charge is 0.423 e. The van der Waals surface area contributed by atoms with E-state index in [1.165, 1.54) is 12.1 Å². The van der Waals surface area contributed by atoms with Gasteiger partial charge in [0.05, 0.1) is 9.73 Å². The van der Waals surface area contributed by atoms with Gasteiger partial charge < -0.3 is 15.8 Å². The molecular formula is C18H25FN6O3S. The number of aromatic nitrogens is 1. The van der Waals surface area contributed by atoms with Crippen molar-refractivity contribution in [1.29, 1.82) is 0 Å². The number of hydrogen-bond donors (Lipinski definition) is 3. The molecule has 4 rings (SSSR count). The molecule has 1 amide bonds. The highest BCUT2D eigenvalue weighted by molar-refractivity contribution is 8.02. The highest BCUT2D eigenvalue weighted by atomic mass is 32.2. The third kappa shape index (κ3) is 2.46. The average molecular weight is 425 g/mol. The fourth-order valence-corrected chi connectivity index (χ4v) is 7.60. The monoisotopic (exact) mass is 424 g/mol. The van der Waals surface area contributed by atoms with Crippen LogP contribution in [0.1, 0.15) is 46.7 Å². The summed E-state index contributed by atoms with van der Waals surface area (Å²) in [7, 11) is -2.95. The van der Waals surface area contributed by atoms with E-state index in [1.54, 1.807) is 34.6 Å². The van der Waals surface area contributed by atoms with Crippen LogP contribution in [0.2, 0.25) is 0 Å². The lowest BCUT2D eigenvalue weighted by atomic mass is 9.85. The molecule has 3 aliphatic rings. The van der Waals surface area contributed by atoms with Gasteiger partial charge in [-0.25, -0.2) is 22.7 Å². The van der Waals surface area contributed by atoms with Gasteiger partial charge in [0.15, 0.2) is 10.6 Å². The van der Waals surface area contributed by atoms with Crippen molar-refractivity contribution < 1.29 is 18.1 Å². The third-order valence-electron chi connectivity index (χ3n) is 5.85.